The first-order valence-electron chi connectivity index (χ1n) is 3.61. The van der Waals surface area contributed by atoms with Crippen molar-refractivity contribution in [2.24, 2.45) is 0 Å². The van der Waals surface area contributed by atoms with E-state index in [0.29, 0.717) is 5.56 Å². The van der Waals surface area contributed by atoms with E-state index < -0.39 is 6.09 Å². The number of hydrogen-bond donors (Lipinski definition) is 3. The number of phenols is 1. The van der Waals surface area contributed by atoms with E-state index in [2.05, 4.69) is 0 Å². The Labute approximate surface area is 90.1 Å². The highest BCUT2D eigenvalue weighted by Gasteiger charge is 2.13. The number of hydrogen-bond acceptors (Lipinski definition) is 2. The average Bonchev–Trinajstić information content (AvgIpc) is 2.10. The molecule has 0 spiro atoms. The van der Waals surface area contributed by atoms with Crippen LogP contribution in [0.2, 0.25) is 10.0 Å². The SMILES string of the molecule is Cc1c(Cl)cc(NC(=O)O)c(O)c1Cl. The minimum Gasteiger partial charge on any atom is -0.504 e. The number of carboxylic acid groups (broad SMARTS) is 1. The van der Waals surface area contributed by atoms with E-state index in [-0.39, 0.29) is 21.5 Å². The normalized spacial score (nSPS) is 9.93. The lowest BCUT2D eigenvalue weighted by atomic mass is 10.2. The zero-order chi connectivity index (χ0) is 10.9. The largest absolute Gasteiger partial charge is 0.504 e. The van der Waals surface area contributed by atoms with Gasteiger partial charge in [0.1, 0.15) is 0 Å². The summed E-state index contributed by atoms with van der Waals surface area (Å²) in [5.74, 6) is -0.323. The number of carbonyl (C=O) groups is 1. The Morgan fingerprint density at radius 1 is 1.50 bits per heavy atom. The van der Waals surface area contributed by atoms with Gasteiger partial charge in [0, 0.05) is 5.02 Å². The third-order valence-corrected chi connectivity index (χ3v) is 2.52. The van der Waals surface area contributed by atoms with Crippen LogP contribution in [-0.2, 0) is 0 Å². The second kappa shape index (κ2) is 3.94. The predicted molar refractivity (Wildman–Crippen MR) is 54.5 cm³/mol. The standard InChI is InChI=1S/C8H7Cl2NO3/c1-3-4(9)2-5(11-8(13)14)7(12)6(3)10/h2,11-12H,1H3,(H,13,14). The van der Waals surface area contributed by atoms with Crippen LogP contribution in [0.1, 0.15) is 5.56 Å². The minimum absolute atomic E-state index is 0.0295. The molecule has 1 aromatic carbocycles. The summed E-state index contributed by atoms with van der Waals surface area (Å²) in [5.41, 5.74) is 0.472. The molecule has 4 nitrogen and oxygen atoms in total. The molecule has 3 N–H and O–H groups in total. The maximum Gasteiger partial charge on any atom is 0.409 e. The van der Waals surface area contributed by atoms with Crippen molar-refractivity contribution in [3.05, 3.63) is 21.7 Å². The third kappa shape index (κ3) is 2.02. The Hall–Kier alpha value is -1.13. The summed E-state index contributed by atoms with van der Waals surface area (Å²) in [6, 6.07) is 1.30. The molecule has 0 radical (unpaired) electrons. The molecular formula is C8H7Cl2NO3. The van der Waals surface area contributed by atoms with E-state index in [1.54, 1.807) is 6.92 Å². The van der Waals surface area contributed by atoms with Gasteiger partial charge in [-0.3, -0.25) is 5.32 Å². The van der Waals surface area contributed by atoms with Crippen molar-refractivity contribution < 1.29 is 15.0 Å². The Kier molecular flexibility index (Phi) is 3.08. The zero-order valence-corrected chi connectivity index (χ0v) is 8.65. The first-order chi connectivity index (χ1) is 6.43. The molecule has 6 heteroatoms. The number of nitrogens with one attached hydrogen (secondary N) is 1. The van der Waals surface area contributed by atoms with Gasteiger partial charge in [0.2, 0.25) is 0 Å². The number of phenolic OH excluding ortho intramolecular Hbond substituents is 1. The van der Waals surface area contributed by atoms with Gasteiger partial charge < -0.3 is 10.2 Å². The second-order valence-electron chi connectivity index (χ2n) is 2.62. The molecule has 0 aliphatic rings. The van der Waals surface area contributed by atoms with Gasteiger partial charge in [-0.25, -0.2) is 4.79 Å². The lowest BCUT2D eigenvalue weighted by Crippen LogP contribution is -2.07. The fraction of sp³-hybridized carbons (Fsp3) is 0.125. The summed E-state index contributed by atoms with van der Waals surface area (Å²) in [6.07, 6.45) is -1.30. The van der Waals surface area contributed by atoms with Crippen molar-refractivity contribution in [1.82, 2.24) is 0 Å². The molecular weight excluding hydrogens is 229 g/mol. The van der Waals surface area contributed by atoms with Crippen molar-refractivity contribution in [2.45, 2.75) is 6.92 Å². The molecule has 0 bridgehead atoms. The summed E-state index contributed by atoms with van der Waals surface area (Å²) >= 11 is 11.5. The first kappa shape index (κ1) is 10.9. The van der Waals surface area contributed by atoms with Gasteiger partial charge in [0.25, 0.3) is 0 Å². The van der Waals surface area contributed by atoms with Gasteiger partial charge in [0.05, 0.1) is 10.7 Å². The van der Waals surface area contributed by atoms with Crippen LogP contribution in [0.5, 0.6) is 5.75 Å². The molecule has 76 valence electrons. The lowest BCUT2D eigenvalue weighted by Gasteiger charge is -2.09. The van der Waals surface area contributed by atoms with Crippen molar-refractivity contribution >= 4 is 35.0 Å². The van der Waals surface area contributed by atoms with Gasteiger partial charge in [-0.05, 0) is 18.6 Å². The van der Waals surface area contributed by atoms with Crippen molar-refractivity contribution in [3.63, 3.8) is 0 Å². The molecule has 0 unspecified atom stereocenters. The summed E-state index contributed by atoms with van der Waals surface area (Å²) in [4.78, 5) is 10.3. The number of anilines is 1. The molecule has 0 saturated heterocycles. The second-order valence-corrected chi connectivity index (χ2v) is 3.41. The maximum absolute atomic E-state index is 10.3. The van der Waals surface area contributed by atoms with E-state index in [1.165, 1.54) is 6.07 Å². The van der Waals surface area contributed by atoms with Crippen LogP contribution in [0.25, 0.3) is 0 Å². The Morgan fingerprint density at radius 2 is 2.07 bits per heavy atom. The fourth-order valence-corrected chi connectivity index (χ4v) is 1.37. The summed E-state index contributed by atoms with van der Waals surface area (Å²) in [5, 5.41) is 20.2. The summed E-state index contributed by atoms with van der Waals surface area (Å²) in [6.45, 7) is 1.62. The van der Waals surface area contributed by atoms with Gasteiger partial charge in [-0.15, -0.1) is 0 Å². The maximum atomic E-state index is 10.3. The molecule has 1 rings (SSSR count). The molecule has 0 atom stereocenters. The van der Waals surface area contributed by atoms with Crippen LogP contribution in [0, 0.1) is 6.92 Å². The van der Waals surface area contributed by atoms with E-state index in [1.807, 2.05) is 5.32 Å². The van der Waals surface area contributed by atoms with Crippen molar-refractivity contribution in [1.29, 1.82) is 0 Å². The van der Waals surface area contributed by atoms with Crippen LogP contribution in [0.15, 0.2) is 6.07 Å². The topological polar surface area (TPSA) is 69.6 Å². The Balaban J connectivity index is 3.25. The van der Waals surface area contributed by atoms with Gasteiger partial charge in [-0.1, -0.05) is 23.2 Å². The quantitative estimate of drug-likeness (QED) is 0.656. The van der Waals surface area contributed by atoms with Crippen molar-refractivity contribution in [2.75, 3.05) is 5.32 Å². The highest BCUT2D eigenvalue weighted by atomic mass is 35.5. The number of amides is 1. The van der Waals surface area contributed by atoms with Crippen molar-refractivity contribution in [3.8, 4) is 5.75 Å². The highest BCUT2D eigenvalue weighted by Crippen LogP contribution is 2.38. The fourth-order valence-electron chi connectivity index (χ4n) is 0.915. The number of benzene rings is 1. The van der Waals surface area contributed by atoms with Gasteiger partial charge in [0.15, 0.2) is 5.75 Å². The van der Waals surface area contributed by atoms with Gasteiger partial charge >= 0.3 is 6.09 Å². The minimum atomic E-state index is -1.30. The van der Waals surface area contributed by atoms with Crippen LogP contribution in [-0.4, -0.2) is 16.3 Å². The zero-order valence-electron chi connectivity index (χ0n) is 7.14. The highest BCUT2D eigenvalue weighted by molar-refractivity contribution is 6.37. The molecule has 0 fully saturated rings. The van der Waals surface area contributed by atoms with Crippen LogP contribution >= 0.6 is 23.2 Å². The molecule has 0 aliphatic carbocycles. The Bertz CT molecular complexity index is 393. The van der Waals surface area contributed by atoms with E-state index >= 15 is 0 Å². The number of halogens is 2. The molecule has 0 saturated carbocycles. The van der Waals surface area contributed by atoms with Gasteiger partial charge in [-0.2, -0.15) is 0 Å². The molecule has 14 heavy (non-hydrogen) atoms. The average molecular weight is 236 g/mol. The van der Waals surface area contributed by atoms with E-state index in [9.17, 15) is 9.90 Å². The predicted octanol–water partition coefficient (Wildman–Crippen LogP) is 3.10. The molecule has 1 aromatic rings. The smallest absolute Gasteiger partial charge is 0.409 e. The number of rotatable bonds is 1. The lowest BCUT2D eigenvalue weighted by molar-refractivity contribution is 0.209. The number of aromatic hydroxyl groups is 1. The first-order valence-corrected chi connectivity index (χ1v) is 4.36. The van der Waals surface area contributed by atoms with Crippen LogP contribution in [0.3, 0.4) is 0 Å². The molecule has 0 aromatic heterocycles. The molecule has 0 aliphatic heterocycles. The van der Waals surface area contributed by atoms with E-state index in [4.69, 9.17) is 28.3 Å². The van der Waals surface area contributed by atoms with Crippen LogP contribution in [0.4, 0.5) is 10.5 Å². The summed E-state index contributed by atoms with van der Waals surface area (Å²) in [7, 11) is 0. The Morgan fingerprint density at radius 3 is 2.57 bits per heavy atom. The summed E-state index contributed by atoms with van der Waals surface area (Å²) < 4.78 is 0. The molecule has 1 amide bonds. The van der Waals surface area contributed by atoms with E-state index in [0.717, 1.165) is 0 Å². The monoisotopic (exact) mass is 235 g/mol. The van der Waals surface area contributed by atoms with Crippen LogP contribution < -0.4 is 5.32 Å². The third-order valence-electron chi connectivity index (χ3n) is 1.66. The molecule has 0 heterocycles.